The molecule has 5 nitrogen and oxygen atoms in total. The number of urea groups is 1. The molecule has 3 rings (SSSR count). The molecule has 1 aromatic rings. The van der Waals surface area contributed by atoms with E-state index < -0.39 is 11.9 Å². The summed E-state index contributed by atoms with van der Waals surface area (Å²) in [5.41, 5.74) is 0.366. The number of carbonyl (C=O) groups excluding carboxylic acids is 1. The largest absolute Gasteiger partial charge is 0.387 e. The molecule has 2 fully saturated rings. The SMILES string of the molecule is O=C(NC[C@H](O)c1ccc(Cl)c(F)c1)N[C@H]1C[C@@H]2CC[C@@H]1O2. The minimum absolute atomic E-state index is 0.00191. The molecule has 2 amide bonds. The fraction of sp³-hybridized carbons (Fsp3) is 0.533. The van der Waals surface area contributed by atoms with Crippen LogP contribution in [0.4, 0.5) is 9.18 Å². The number of rotatable bonds is 4. The van der Waals surface area contributed by atoms with Crippen molar-refractivity contribution in [3.05, 3.63) is 34.6 Å². The molecule has 4 atom stereocenters. The topological polar surface area (TPSA) is 70.6 Å². The Morgan fingerprint density at radius 3 is 2.95 bits per heavy atom. The van der Waals surface area contributed by atoms with Crippen molar-refractivity contribution < 1.29 is 19.0 Å². The molecular formula is C15H18ClFN2O3. The first kappa shape index (κ1) is 15.5. The van der Waals surface area contributed by atoms with Crippen LogP contribution in [0.2, 0.25) is 5.02 Å². The summed E-state index contributed by atoms with van der Waals surface area (Å²) in [6.07, 6.45) is 2.24. The van der Waals surface area contributed by atoms with Gasteiger partial charge in [-0.15, -0.1) is 0 Å². The van der Waals surface area contributed by atoms with E-state index in [2.05, 4.69) is 10.6 Å². The van der Waals surface area contributed by atoms with E-state index in [0.717, 1.165) is 25.3 Å². The normalized spacial score (nSPS) is 27.7. The fourth-order valence-electron chi connectivity index (χ4n) is 3.04. The third-order valence-corrected chi connectivity index (χ3v) is 4.51. The highest BCUT2D eigenvalue weighted by Crippen LogP contribution is 2.34. The maximum absolute atomic E-state index is 13.3. The first-order valence-corrected chi connectivity index (χ1v) is 7.73. The van der Waals surface area contributed by atoms with E-state index in [1.165, 1.54) is 12.1 Å². The van der Waals surface area contributed by atoms with Crippen LogP contribution in [-0.2, 0) is 4.74 Å². The second kappa shape index (κ2) is 6.40. The van der Waals surface area contributed by atoms with Crippen molar-refractivity contribution >= 4 is 17.6 Å². The number of amides is 2. The van der Waals surface area contributed by atoms with Gasteiger partial charge >= 0.3 is 6.03 Å². The summed E-state index contributed by atoms with van der Waals surface area (Å²) < 4.78 is 19.0. The second-order valence-electron chi connectivity index (χ2n) is 5.76. The minimum atomic E-state index is -0.992. The van der Waals surface area contributed by atoms with Crippen LogP contribution in [0.5, 0.6) is 0 Å². The summed E-state index contributed by atoms with van der Waals surface area (Å²) in [5, 5.41) is 15.4. The smallest absolute Gasteiger partial charge is 0.315 e. The summed E-state index contributed by atoms with van der Waals surface area (Å²) in [7, 11) is 0. The molecule has 2 aliphatic heterocycles. The maximum Gasteiger partial charge on any atom is 0.315 e. The van der Waals surface area contributed by atoms with Crippen molar-refractivity contribution in [3.63, 3.8) is 0 Å². The number of carbonyl (C=O) groups is 1. The molecule has 0 unspecified atom stereocenters. The lowest BCUT2D eigenvalue weighted by molar-refractivity contribution is 0.0979. The number of ether oxygens (including phenoxy) is 1. The van der Waals surface area contributed by atoms with E-state index in [9.17, 15) is 14.3 Å². The van der Waals surface area contributed by atoms with E-state index in [1.807, 2.05) is 0 Å². The van der Waals surface area contributed by atoms with Crippen LogP contribution in [0.3, 0.4) is 0 Å². The van der Waals surface area contributed by atoms with Gasteiger partial charge in [-0.2, -0.15) is 0 Å². The van der Waals surface area contributed by atoms with Gasteiger partial charge in [0.2, 0.25) is 0 Å². The standard InChI is InChI=1S/C15H18ClFN2O3/c16-10-3-1-8(5-11(10)17)13(20)7-18-15(21)19-12-6-9-2-4-14(12)22-9/h1,3,5,9,12-14,20H,2,4,6-7H2,(H2,18,19,21)/t9-,12-,13-,14-/m0/s1. The number of benzene rings is 1. The summed E-state index contributed by atoms with van der Waals surface area (Å²) >= 11 is 5.59. The molecule has 2 aliphatic rings. The Balaban J connectivity index is 1.47. The quantitative estimate of drug-likeness (QED) is 0.793. The number of fused-ring (bicyclic) bond motifs is 2. The summed E-state index contributed by atoms with van der Waals surface area (Å²) in [6.45, 7) is -0.00538. The highest BCUT2D eigenvalue weighted by Gasteiger charge is 2.41. The van der Waals surface area contributed by atoms with E-state index in [4.69, 9.17) is 16.3 Å². The molecule has 0 spiro atoms. The monoisotopic (exact) mass is 328 g/mol. The van der Waals surface area contributed by atoms with E-state index in [0.29, 0.717) is 5.56 Å². The van der Waals surface area contributed by atoms with Crippen molar-refractivity contribution in [2.45, 2.75) is 43.6 Å². The first-order valence-electron chi connectivity index (χ1n) is 7.36. The number of halogens is 2. The first-order chi connectivity index (χ1) is 10.5. The van der Waals surface area contributed by atoms with Crippen molar-refractivity contribution in [2.24, 2.45) is 0 Å². The third-order valence-electron chi connectivity index (χ3n) is 4.21. The van der Waals surface area contributed by atoms with Crippen LogP contribution in [0, 0.1) is 5.82 Å². The predicted molar refractivity (Wildman–Crippen MR) is 79.2 cm³/mol. The van der Waals surface area contributed by atoms with E-state index >= 15 is 0 Å². The lowest BCUT2D eigenvalue weighted by Crippen LogP contribution is -2.47. The summed E-state index contributed by atoms with van der Waals surface area (Å²) in [6, 6.07) is 3.75. The molecular weight excluding hydrogens is 311 g/mol. The van der Waals surface area contributed by atoms with Crippen molar-refractivity contribution in [2.75, 3.05) is 6.54 Å². The van der Waals surface area contributed by atoms with Crippen LogP contribution < -0.4 is 10.6 Å². The molecule has 2 bridgehead atoms. The zero-order chi connectivity index (χ0) is 15.7. The number of nitrogens with one attached hydrogen (secondary N) is 2. The summed E-state index contributed by atoms with van der Waals surface area (Å²) in [5.74, 6) is -0.596. The van der Waals surface area contributed by atoms with Crippen LogP contribution in [0.1, 0.15) is 30.9 Å². The average Bonchev–Trinajstić information content (AvgIpc) is 3.10. The summed E-state index contributed by atoms with van der Waals surface area (Å²) in [4.78, 5) is 11.8. The third kappa shape index (κ3) is 3.34. The van der Waals surface area contributed by atoms with Crippen molar-refractivity contribution in [3.8, 4) is 0 Å². The zero-order valence-corrected chi connectivity index (χ0v) is 12.6. The Hall–Kier alpha value is -1.37. The van der Waals surface area contributed by atoms with Crippen LogP contribution >= 0.6 is 11.6 Å². The lowest BCUT2D eigenvalue weighted by Gasteiger charge is -2.21. The van der Waals surface area contributed by atoms with Gasteiger partial charge in [0.25, 0.3) is 0 Å². The van der Waals surface area contributed by atoms with Gasteiger partial charge in [0.15, 0.2) is 0 Å². The van der Waals surface area contributed by atoms with Crippen molar-refractivity contribution in [1.29, 1.82) is 0 Å². The Bertz CT molecular complexity index is 572. The van der Waals surface area contributed by atoms with Gasteiger partial charge in [0.05, 0.1) is 29.4 Å². The fourth-order valence-corrected chi connectivity index (χ4v) is 3.15. The van der Waals surface area contributed by atoms with Gasteiger partial charge in [0, 0.05) is 6.54 Å². The number of aliphatic hydroxyl groups excluding tert-OH is 1. The molecule has 120 valence electrons. The van der Waals surface area contributed by atoms with Crippen LogP contribution in [0.15, 0.2) is 18.2 Å². The Labute approximate surface area is 132 Å². The Morgan fingerprint density at radius 1 is 1.50 bits per heavy atom. The molecule has 3 N–H and O–H groups in total. The highest BCUT2D eigenvalue weighted by molar-refractivity contribution is 6.30. The van der Waals surface area contributed by atoms with Gasteiger partial charge in [-0.1, -0.05) is 17.7 Å². The average molecular weight is 329 g/mol. The van der Waals surface area contributed by atoms with Gasteiger partial charge in [-0.25, -0.2) is 9.18 Å². The van der Waals surface area contributed by atoms with Crippen molar-refractivity contribution in [1.82, 2.24) is 10.6 Å². The van der Waals surface area contributed by atoms with E-state index in [-0.39, 0.29) is 35.8 Å². The molecule has 2 heterocycles. The maximum atomic E-state index is 13.3. The number of hydrogen-bond acceptors (Lipinski definition) is 3. The van der Waals surface area contributed by atoms with Gasteiger partial charge in [0.1, 0.15) is 5.82 Å². The Kier molecular flexibility index (Phi) is 4.52. The van der Waals surface area contributed by atoms with Gasteiger partial charge < -0.3 is 20.5 Å². The molecule has 22 heavy (non-hydrogen) atoms. The zero-order valence-electron chi connectivity index (χ0n) is 11.9. The number of aliphatic hydroxyl groups is 1. The molecule has 2 saturated heterocycles. The molecule has 0 aliphatic carbocycles. The number of hydrogen-bond donors (Lipinski definition) is 3. The molecule has 1 aromatic carbocycles. The molecule has 0 aromatic heterocycles. The Morgan fingerprint density at radius 2 is 2.32 bits per heavy atom. The van der Waals surface area contributed by atoms with Gasteiger partial charge in [-0.05, 0) is 37.0 Å². The second-order valence-corrected chi connectivity index (χ2v) is 6.17. The molecule has 0 radical (unpaired) electrons. The lowest BCUT2D eigenvalue weighted by atomic mass is 9.96. The van der Waals surface area contributed by atoms with Gasteiger partial charge in [-0.3, -0.25) is 0 Å². The minimum Gasteiger partial charge on any atom is -0.387 e. The molecule has 0 saturated carbocycles. The highest BCUT2D eigenvalue weighted by atomic mass is 35.5. The van der Waals surface area contributed by atoms with Crippen LogP contribution in [-0.4, -0.2) is 35.9 Å². The van der Waals surface area contributed by atoms with E-state index in [1.54, 1.807) is 0 Å². The predicted octanol–water partition coefficient (Wildman–Crippen LogP) is 2.13. The molecule has 7 heteroatoms. The van der Waals surface area contributed by atoms with Crippen LogP contribution in [0.25, 0.3) is 0 Å².